The smallest absolute Gasteiger partial charge is 0.239 e. The molecule has 146 valence electrons. The van der Waals surface area contributed by atoms with Gasteiger partial charge in [0, 0.05) is 12.5 Å². The summed E-state index contributed by atoms with van der Waals surface area (Å²) in [6, 6.07) is 0. The maximum atomic E-state index is 12.3. The standard InChI is InChI=1S/C20H38N2O3/c1-5-25-22-21-20(23)18-10-15(4)11-19(12-18)24-13-16-6-8-17(9-7-16)14(2)3/h14-19,22H,5-13H2,1-4H3,(H,21,23). The van der Waals surface area contributed by atoms with Crippen LogP contribution in [-0.2, 0) is 14.4 Å². The molecule has 0 aromatic carbocycles. The molecule has 2 N–H and O–H groups in total. The highest BCUT2D eigenvalue weighted by molar-refractivity contribution is 5.78. The average molecular weight is 355 g/mol. The van der Waals surface area contributed by atoms with E-state index in [0.717, 1.165) is 37.7 Å². The molecule has 0 bridgehead atoms. The SMILES string of the molecule is CCONNC(=O)C1CC(C)CC(OCC2CCC(C(C)C)CC2)C1. The Morgan fingerprint density at radius 3 is 2.48 bits per heavy atom. The molecule has 2 saturated carbocycles. The largest absolute Gasteiger partial charge is 0.378 e. The molecule has 0 aromatic heterocycles. The first-order valence-corrected chi connectivity index (χ1v) is 10.3. The molecule has 5 nitrogen and oxygen atoms in total. The second-order valence-electron chi connectivity index (χ2n) is 8.51. The molecule has 0 radical (unpaired) electrons. The van der Waals surface area contributed by atoms with Crippen molar-refractivity contribution in [1.29, 1.82) is 0 Å². The van der Waals surface area contributed by atoms with Crippen LogP contribution < -0.4 is 11.0 Å². The summed E-state index contributed by atoms with van der Waals surface area (Å²) >= 11 is 0. The lowest BCUT2D eigenvalue weighted by Crippen LogP contribution is -2.44. The van der Waals surface area contributed by atoms with Crippen molar-refractivity contribution in [2.75, 3.05) is 13.2 Å². The maximum absolute atomic E-state index is 12.3. The quantitative estimate of drug-likeness (QED) is 0.513. The topological polar surface area (TPSA) is 59.6 Å². The third-order valence-corrected chi connectivity index (χ3v) is 6.06. The molecular formula is C20H38N2O3. The van der Waals surface area contributed by atoms with Gasteiger partial charge >= 0.3 is 0 Å². The number of nitrogens with one attached hydrogen (secondary N) is 2. The minimum Gasteiger partial charge on any atom is -0.378 e. The fraction of sp³-hybridized carbons (Fsp3) is 0.950. The summed E-state index contributed by atoms with van der Waals surface area (Å²) in [4.78, 5) is 17.2. The number of rotatable bonds is 8. The van der Waals surface area contributed by atoms with Crippen molar-refractivity contribution < 1.29 is 14.4 Å². The molecular weight excluding hydrogens is 316 g/mol. The monoisotopic (exact) mass is 354 g/mol. The summed E-state index contributed by atoms with van der Waals surface area (Å²) in [7, 11) is 0. The number of hydrogen-bond acceptors (Lipinski definition) is 4. The molecule has 2 rings (SSSR count). The molecule has 3 unspecified atom stereocenters. The molecule has 0 heterocycles. The van der Waals surface area contributed by atoms with Crippen LogP contribution in [0.2, 0.25) is 0 Å². The van der Waals surface area contributed by atoms with Crippen molar-refractivity contribution in [2.45, 2.75) is 78.7 Å². The third-order valence-electron chi connectivity index (χ3n) is 6.06. The van der Waals surface area contributed by atoms with Crippen molar-refractivity contribution in [3.63, 3.8) is 0 Å². The molecule has 1 amide bonds. The number of carbonyl (C=O) groups excluding carboxylic acids is 1. The van der Waals surface area contributed by atoms with Crippen LogP contribution in [0.25, 0.3) is 0 Å². The highest BCUT2D eigenvalue weighted by atomic mass is 16.7. The van der Waals surface area contributed by atoms with Gasteiger partial charge in [0.15, 0.2) is 0 Å². The Bertz CT molecular complexity index is 394. The molecule has 0 aliphatic heterocycles. The van der Waals surface area contributed by atoms with Crippen molar-refractivity contribution in [1.82, 2.24) is 11.0 Å². The van der Waals surface area contributed by atoms with E-state index in [2.05, 4.69) is 31.8 Å². The summed E-state index contributed by atoms with van der Waals surface area (Å²) in [5, 5.41) is 0. The van der Waals surface area contributed by atoms with Crippen molar-refractivity contribution in [3.8, 4) is 0 Å². The van der Waals surface area contributed by atoms with Gasteiger partial charge in [0.1, 0.15) is 0 Å². The fourth-order valence-electron chi connectivity index (χ4n) is 4.45. The van der Waals surface area contributed by atoms with E-state index < -0.39 is 0 Å². The van der Waals surface area contributed by atoms with Gasteiger partial charge < -0.3 is 4.74 Å². The van der Waals surface area contributed by atoms with Gasteiger partial charge in [0.25, 0.3) is 0 Å². The van der Waals surface area contributed by atoms with Crippen LogP contribution in [0.1, 0.15) is 72.6 Å². The minimum absolute atomic E-state index is 0.0124. The van der Waals surface area contributed by atoms with Gasteiger partial charge in [-0.25, -0.2) is 0 Å². The zero-order valence-electron chi connectivity index (χ0n) is 16.6. The zero-order chi connectivity index (χ0) is 18.2. The van der Waals surface area contributed by atoms with Gasteiger partial charge in [0.05, 0.1) is 12.7 Å². The molecule has 3 atom stereocenters. The van der Waals surface area contributed by atoms with Gasteiger partial charge in [0.2, 0.25) is 5.91 Å². The average Bonchev–Trinajstić information content (AvgIpc) is 2.60. The van der Waals surface area contributed by atoms with Gasteiger partial charge in [-0.15, -0.1) is 5.59 Å². The van der Waals surface area contributed by atoms with Crippen LogP contribution in [0, 0.1) is 29.6 Å². The lowest BCUT2D eigenvalue weighted by atomic mass is 9.77. The predicted octanol–water partition coefficient (Wildman–Crippen LogP) is 3.84. The van der Waals surface area contributed by atoms with Crippen LogP contribution in [0.15, 0.2) is 0 Å². The van der Waals surface area contributed by atoms with Gasteiger partial charge in [-0.1, -0.05) is 20.8 Å². The summed E-state index contributed by atoms with van der Waals surface area (Å²) in [6.07, 6.45) is 8.34. The van der Waals surface area contributed by atoms with Gasteiger partial charge in [-0.2, -0.15) is 0 Å². The Labute approximate surface area is 153 Å². The summed E-state index contributed by atoms with van der Waals surface area (Å²) < 4.78 is 6.26. The zero-order valence-corrected chi connectivity index (χ0v) is 16.6. The van der Waals surface area contributed by atoms with E-state index in [4.69, 9.17) is 9.57 Å². The molecule has 25 heavy (non-hydrogen) atoms. The van der Waals surface area contributed by atoms with Crippen LogP contribution in [0.4, 0.5) is 0 Å². The highest BCUT2D eigenvalue weighted by Crippen LogP contribution is 2.35. The predicted molar refractivity (Wildman–Crippen MR) is 99.4 cm³/mol. The Kier molecular flexibility index (Phi) is 8.67. The van der Waals surface area contributed by atoms with Crippen LogP contribution in [-0.4, -0.2) is 25.2 Å². The lowest BCUT2D eigenvalue weighted by molar-refractivity contribution is -0.135. The molecule has 2 aliphatic rings. The number of hydrogen-bond donors (Lipinski definition) is 2. The normalized spacial score (nSPS) is 33.4. The van der Waals surface area contributed by atoms with E-state index in [9.17, 15) is 4.79 Å². The molecule has 0 spiro atoms. The number of amides is 1. The first-order chi connectivity index (χ1) is 12.0. The van der Waals surface area contributed by atoms with Gasteiger partial charge in [-0.3, -0.25) is 15.1 Å². The number of hydrazine groups is 1. The first kappa shape index (κ1) is 20.7. The maximum Gasteiger partial charge on any atom is 0.239 e. The van der Waals surface area contributed by atoms with E-state index in [1.807, 2.05) is 6.92 Å². The molecule has 5 heteroatoms. The molecule has 2 fully saturated rings. The van der Waals surface area contributed by atoms with Crippen molar-refractivity contribution >= 4 is 5.91 Å². The van der Waals surface area contributed by atoms with Crippen LogP contribution in [0.3, 0.4) is 0 Å². The van der Waals surface area contributed by atoms with E-state index in [1.165, 1.54) is 25.7 Å². The van der Waals surface area contributed by atoms with Crippen molar-refractivity contribution in [3.05, 3.63) is 0 Å². The minimum atomic E-state index is 0.0124. The summed E-state index contributed by atoms with van der Waals surface area (Å²) in [5.41, 5.74) is 5.17. The first-order valence-electron chi connectivity index (χ1n) is 10.3. The van der Waals surface area contributed by atoms with Crippen molar-refractivity contribution in [2.24, 2.45) is 29.6 Å². The van der Waals surface area contributed by atoms with E-state index >= 15 is 0 Å². The highest BCUT2D eigenvalue weighted by Gasteiger charge is 2.32. The van der Waals surface area contributed by atoms with Crippen LogP contribution >= 0.6 is 0 Å². The Hall–Kier alpha value is -0.650. The second-order valence-corrected chi connectivity index (χ2v) is 8.51. The van der Waals surface area contributed by atoms with E-state index in [-0.39, 0.29) is 17.9 Å². The number of ether oxygens (including phenoxy) is 1. The van der Waals surface area contributed by atoms with Gasteiger partial charge in [-0.05, 0) is 75.5 Å². The Balaban J connectivity index is 1.71. The molecule has 0 aromatic rings. The molecule has 0 saturated heterocycles. The van der Waals surface area contributed by atoms with E-state index in [0.29, 0.717) is 18.4 Å². The molecule has 2 aliphatic carbocycles. The Morgan fingerprint density at radius 2 is 1.84 bits per heavy atom. The summed E-state index contributed by atoms with van der Waals surface area (Å²) in [5.74, 6) is 2.98. The third kappa shape index (κ3) is 6.87. The fourth-order valence-corrected chi connectivity index (χ4v) is 4.45. The second kappa shape index (κ2) is 10.5. The van der Waals surface area contributed by atoms with E-state index in [1.54, 1.807) is 0 Å². The lowest BCUT2D eigenvalue weighted by Gasteiger charge is -2.35. The Morgan fingerprint density at radius 1 is 1.12 bits per heavy atom. The summed E-state index contributed by atoms with van der Waals surface area (Å²) in [6.45, 7) is 10.2. The van der Waals surface area contributed by atoms with Crippen LogP contribution in [0.5, 0.6) is 0 Å². The number of carbonyl (C=O) groups is 1.